The zero-order chi connectivity index (χ0) is 19.2. The number of hydrogen-bond donors (Lipinski definition) is 1. The molecule has 1 unspecified atom stereocenters. The predicted octanol–water partition coefficient (Wildman–Crippen LogP) is 2.70. The molecule has 1 N–H and O–H groups in total. The van der Waals surface area contributed by atoms with E-state index in [1.54, 1.807) is 17.2 Å². The van der Waals surface area contributed by atoms with Crippen LogP contribution in [0.1, 0.15) is 13.8 Å². The van der Waals surface area contributed by atoms with E-state index in [9.17, 15) is 9.18 Å². The van der Waals surface area contributed by atoms with Gasteiger partial charge < -0.3 is 19.7 Å². The molecule has 0 bridgehead atoms. The Bertz CT molecular complexity index is 764. The summed E-state index contributed by atoms with van der Waals surface area (Å²) in [5.74, 6) is 0.780. The second kappa shape index (κ2) is 8.77. The molecule has 2 heterocycles. The van der Waals surface area contributed by atoms with Crippen molar-refractivity contribution in [2.24, 2.45) is 5.92 Å². The lowest BCUT2D eigenvalue weighted by Gasteiger charge is -2.32. The lowest BCUT2D eigenvalue weighted by molar-refractivity contribution is -0.137. The largest absolute Gasteiger partial charge is 0.439 e. The maximum absolute atomic E-state index is 13.0. The molecule has 1 aromatic heterocycles. The van der Waals surface area contributed by atoms with Crippen LogP contribution in [0, 0.1) is 11.7 Å². The highest BCUT2D eigenvalue weighted by Crippen LogP contribution is 2.21. The summed E-state index contributed by atoms with van der Waals surface area (Å²) in [4.78, 5) is 23.1. The summed E-state index contributed by atoms with van der Waals surface area (Å²) in [6.07, 6.45) is 1.55. The molecule has 1 atom stereocenters. The van der Waals surface area contributed by atoms with Crippen LogP contribution in [0.15, 0.2) is 36.5 Å². The molecular formula is C19H23FN4O3. The Hall–Kier alpha value is -2.74. The van der Waals surface area contributed by atoms with Gasteiger partial charge in [0.25, 0.3) is 0 Å². The number of halogens is 1. The van der Waals surface area contributed by atoms with Crippen molar-refractivity contribution in [3.63, 3.8) is 0 Å². The summed E-state index contributed by atoms with van der Waals surface area (Å²) < 4.78 is 23.9. The zero-order valence-corrected chi connectivity index (χ0v) is 15.4. The number of nitrogens with one attached hydrogen (secondary N) is 1. The van der Waals surface area contributed by atoms with Gasteiger partial charge in [-0.05, 0) is 30.2 Å². The SMILES string of the molecule is CC(C)C(Nc1nccc(Oc2ccc(F)cc2)n1)C(=O)N1CCOCC1. The van der Waals surface area contributed by atoms with Gasteiger partial charge in [0.15, 0.2) is 0 Å². The van der Waals surface area contributed by atoms with Crippen LogP contribution in [0.3, 0.4) is 0 Å². The third-order valence-electron chi connectivity index (χ3n) is 4.21. The topological polar surface area (TPSA) is 76.6 Å². The molecule has 27 heavy (non-hydrogen) atoms. The van der Waals surface area contributed by atoms with Crippen LogP contribution in [0.25, 0.3) is 0 Å². The Balaban J connectivity index is 1.70. The van der Waals surface area contributed by atoms with Crippen LogP contribution in [-0.4, -0.2) is 53.1 Å². The smallest absolute Gasteiger partial charge is 0.245 e. The molecule has 1 aromatic carbocycles. The molecule has 0 radical (unpaired) electrons. The quantitative estimate of drug-likeness (QED) is 0.838. The first kappa shape index (κ1) is 19.0. The van der Waals surface area contributed by atoms with Crippen LogP contribution >= 0.6 is 0 Å². The fourth-order valence-electron chi connectivity index (χ4n) is 2.72. The van der Waals surface area contributed by atoms with Crippen LogP contribution in [0.4, 0.5) is 10.3 Å². The minimum atomic E-state index is -0.454. The third kappa shape index (κ3) is 5.13. The molecule has 144 valence electrons. The summed E-state index contributed by atoms with van der Waals surface area (Å²) in [5.41, 5.74) is 0. The first-order chi connectivity index (χ1) is 13.0. The van der Waals surface area contributed by atoms with E-state index in [1.807, 2.05) is 13.8 Å². The molecule has 1 aliphatic heterocycles. The number of carbonyl (C=O) groups is 1. The van der Waals surface area contributed by atoms with E-state index < -0.39 is 6.04 Å². The summed E-state index contributed by atoms with van der Waals surface area (Å²) >= 11 is 0. The Morgan fingerprint density at radius 2 is 1.93 bits per heavy atom. The number of aromatic nitrogens is 2. The molecule has 1 aliphatic rings. The van der Waals surface area contributed by atoms with E-state index in [0.717, 1.165) is 0 Å². The van der Waals surface area contributed by atoms with Crippen molar-refractivity contribution in [3.05, 3.63) is 42.3 Å². The summed E-state index contributed by atoms with van der Waals surface area (Å²) in [5, 5.41) is 3.12. The van der Waals surface area contributed by atoms with Gasteiger partial charge in [0, 0.05) is 25.4 Å². The summed E-state index contributed by atoms with van der Waals surface area (Å²) in [6.45, 7) is 6.20. The number of benzene rings is 1. The number of nitrogens with zero attached hydrogens (tertiary/aromatic N) is 3. The van der Waals surface area contributed by atoms with Gasteiger partial charge in [0.05, 0.1) is 13.2 Å². The van der Waals surface area contributed by atoms with Crippen molar-refractivity contribution in [1.82, 2.24) is 14.9 Å². The van der Waals surface area contributed by atoms with Gasteiger partial charge in [-0.1, -0.05) is 13.8 Å². The minimum absolute atomic E-state index is 0.00163. The molecule has 0 saturated carbocycles. The van der Waals surface area contributed by atoms with Crippen molar-refractivity contribution in [1.29, 1.82) is 0 Å². The first-order valence-corrected chi connectivity index (χ1v) is 8.92. The maximum Gasteiger partial charge on any atom is 0.245 e. The Kier molecular flexibility index (Phi) is 6.18. The molecule has 8 heteroatoms. The second-order valence-corrected chi connectivity index (χ2v) is 6.58. The molecule has 3 rings (SSSR count). The molecular weight excluding hydrogens is 351 g/mol. The van der Waals surface area contributed by atoms with Crippen molar-refractivity contribution >= 4 is 11.9 Å². The Morgan fingerprint density at radius 3 is 2.59 bits per heavy atom. The monoisotopic (exact) mass is 374 g/mol. The highest BCUT2D eigenvalue weighted by atomic mass is 19.1. The van der Waals surface area contributed by atoms with Gasteiger partial charge in [-0.2, -0.15) is 4.98 Å². The van der Waals surface area contributed by atoms with Gasteiger partial charge in [-0.3, -0.25) is 4.79 Å². The standard InChI is InChI=1S/C19H23FN4O3/c1-13(2)17(18(25)24-9-11-26-12-10-24)23-19-21-8-7-16(22-19)27-15-5-3-14(20)4-6-15/h3-8,13,17H,9-12H2,1-2H3,(H,21,22,23). The highest BCUT2D eigenvalue weighted by Gasteiger charge is 2.28. The van der Waals surface area contributed by atoms with E-state index in [4.69, 9.17) is 9.47 Å². The number of anilines is 1. The van der Waals surface area contributed by atoms with E-state index in [2.05, 4.69) is 15.3 Å². The first-order valence-electron chi connectivity index (χ1n) is 8.92. The van der Waals surface area contributed by atoms with E-state index in [1.165, 1.54) is 24.3 Å². The van der Waals surface area contributed by atoms with Gasteiger partial charge >= 0.3 is 0 Å². The molecule has 2 aromatic rings. The number of hydrogen-bond acceptors (Lipinski definition) is 6. The van der Waals surface area contributed by atoms with E-state index in [0.29, 0.717) is 43.9 Å². The molecule has 0 aliphatic carbocycles. The number of amides is 1. The fourth-order valence-corrected chi connectivity index (χ4v) is 2.72. The average Bonchev–Trinajstić information content (AvgIpc) is 2.68. The lowest BCUT2D eigenvalue weighted by Crippen LogP contribution is -2.50. The molecule has 0 spiro atoms. The van der Waals surface area contributed by atoms with Crippen LogP contribution in [0.2, 0.25) is 0 Å². The molecule has 1 fully saturated rings. The van der Waals surface area contributed by atoms with Crippen LogP contribution in [0.5, 0.6) is 11.6 Å². The Labute approximate surface area is 157 Å². The second-order valence-electron chi connectivity index (χ2n) is 6.58. The van der Waals surface area contributed by atoms with Gasteiger partial charge in [0.1, 0.15) is 17.6 Å². The summed E-state index contributed by atoms with van der Waals surface area (Å²) in [7, 11) is 0. The normalized spacial score (nSPS) is 15.5. The fraction of sp³-hybridized carbons (Fsp3) is 0.421. The highest BCUT2D eigenvalue weighted by molar-refractivity contribution is 5.84. The number of carbonyl (C=O) groups excluding carboxylic acids is 1. The predicted molar refractivity (Wildman–Crippen MR) is 98.2 cm³/mol. The minimum Gasteiger partial charge on any atom is -0.439 e. The van der Waals surface area contributed by atoms with Crippen molar-refractivity contribution in [2.45, 2.75) is 19.9 Å². The van der Waals surface area contributed by atoms with Crippen molar-refractivity contribution in [2.75, 3.05) is 31.6 Å². The number of rotatable bonds is 6. The lowest BCUT2D eigenvalue weighted by atomic mass is 10.0. The third-order valence-corrected chi connectivity index (χ3v) is 4.21. The Morgan fingerprint density at radius 1 is 1.22 bits per heavy atom. The van der Waals surface area contributed by atoms with Crippen molar-refractivity contribution < 1.29 is 18.7 Å². The van der Waals surface area contributed by atoms with Crippen LogP contribution < -0.4 is 10.1 Å². The van der Waals surface area contributed by atoms with Crippen molar-refractivity contribution in [3.8, 4) is 11.6 Å². The molecule has 1 amide bonds. The number of ether oxygens (including phenoxy) is 2. The zero-order valence-electron chi connectivity index (χ0n) is 15.4. The average molecular weight is 374 g/mol. The van der Waals surface area contributed by atoms with Crippen LogP contribution in [-0.2, 0) is 9.53 Å². The summed E-state index contributed by atoms with van der Waals surface area (Å²) in [6, 6.07) is 6.80. The van der Waals surface area contributed by atoms with Gasteiger partial charge in [-0.15, -0.1) is 0 Å². The maximum atomic E-state index is 13.0. The van der Waals surface area contributed by atoms with Gasteiger partial charge in [-0.25, -0.2) is 9.37 Å². The number of morpholine rings is 1. The van der Waals surface area contributed by atoms with Gasteiger partial charge in [0.2, 0.25) is 17.7 Å². The van der Waals surface area contributed by atoms with E-state index in [-0.39, 0.29) is 17.6 Å². The van der Waals surface area contributed by atoms with E-state index >= 15 is 0 Å². The molecule has 1 saturated heterocycles. The molecule has 7 nitrogen and oxygen atoms in total.